The van der Waals surface area contributed by atoms with Crippen molar-refractivity contribution in [1.82, 2.24) is 0 Å². The van der Waals surface area contributed by atoms with E-state index in [4.69, 9.17) is 9.47 Å². The van der Waals surface area contributed by atoms with Crippen molar-refractivity contribution in [3.05, 3.63) is 30.3 Å². The van der Waals surface area contributed by atoms with Gasteiger partial charge in [0.1, 0.15) is 0 Å². The average molecular weight is 238 g/mol. The molecule has 1 aromatic rings. The van der Waals surface area contributed by atoms with E-state index < -0.39 is 0 Å². The quantitative estimate of drug-likeness (QED) is 0.580. The van der Waals surface area contributed by atoms with Gasteiger partial charge in [-0.05, 0) is 25.0 Å². The molecule has 0 saturated carbocycles. The van der Waals surface area contributed by atoms with Crippen molar-refractivity contribution < 1.29 is 9.47 Å². The van der Waals surface area contributed by atoms with Crippen molar-refractivity contribution in [2.75, 3.05) is 25.6 Å². The molecule has 0 amide bonds. The molecule has 1 saturated heterocycles. The van der Waals surface area contributed by atoms with E-state index in [1.807, 2.05) is 17.8 Å². The monoisotopic (exact) mass is 238 g/mol. The molecule has 0 radical (unpaired) electrons. The second kappa shape index (κ2) is 6.94. The van der Waals surface area contributed by atoms with Crippen LogP contribution in [0.15, 0.2) is 35.2 Å². The third-order valence-corrected chi connectivity index (χ3v) is 3.59. The van der Waals surface area contributed by atoms with Gasteiger partial charge in [0.2, 0.25) is 0 Å². The maximum atomic E-state index is 5.80. The minimum atomic E-state index is 0.421. The Morgan fingerprint density at radius 1 is 1.19 bits per heavy atom. The van der Waals surface area contributed by atoms with Gasteiger partial charge < -0.3 is 9.47 Å². The summed E-state index contributed by atoms with van der Waals surface area (Å²) in [4.78, 5) is 1.32. The molecule has 1 aliphatic rings. The Morgan fingerprint density at radius 2 is 1.94 bits per heavy atom. The second-order valence-corrected chi connectivity index (χ2v) is 5.01. The van der Waals surface area contributed by atoms with Crippen LogP contribution in [0.5, 0.6) is 0 Å². The molecule has 0 bridgehead atoms. The van der Waals surface area contributed by atoms with Gasteiger partial charge in [-0.15, -0.1) is 11.8 Å². The van der Waals surface area contributed by atoms with E-state index in [0.29, 0.717) is 6.10 Å². The number of benzene rings is 1. The van der Waals surface area contributed by atoms with Crippen LogP contribution in [0.1, 0.15) is 12.8 Å². The summed E-state index contributed by atoms with van der Waals surface area (Å²) in [5, 5.41) is 0. The molecule has 0 aromatic heterocycles. The van der Waals surface area contributed by atoms with Gasteiger partial charge in [0.25, 0.3) is 0 Å². The lowest BCUT2D eigenvalue weighted by molar-refractivity contribution is -0.0264. The van der Waals surface area contributed by atoms with Gasteiger partial charge in [0.15, 0.2) is 0 Å². The van der Waals surface area contributed by atoms with Crippen LogP contribution in [-0.2, 0) is 9.47 Å². The lowest BCUT2D eigenvalue weighted by Gasteiger charge is -2.22. The molecule has 1 aromatic carbocycles. The van der Waals surface area contributed by atoms with Crippen molar-refractivity contribution in [2.24, 2.45) is 0 Å². The molecule has 3 heteroatoms. The van der Waals surface area contributed by atoms with E-state index in [2.05, 4.69) is 24.3 Å². The normalized spacial score (nSPS) is 17.5. The zero-order valence-electron chi connectivity index (χ0n) is 9.43. The van der Waals surface area contributed by atoms with Gasteiger partial charge in [0.05, 0.1) is 12.7 Å². The minimum absolute atomic E-state index is 0.421. The first-order valence-corrected chi connectivity index (χ1v) is 6.81. The van der Waals surface area contributed by atoms with E-state index >= 15 is 0 Å². The van der Waals surface area contributed by atoms with Crippen molar-refractivity contribution in [3.63, 3.8) is 0 Å². The van der Waals surface area contributed by atoms with E-state index in [1.165, 1.54) is 4.90 Å². The Hall–Kier alpha value is -0.510. The maximum absolute atomic E-state index is 5.80. The molecule has 2 rings (SSSR count). The summed E-state index contributed by atoms with van der Waals surface area (Å²) in [7, 11) is 0. The summed E-state index contributed by atoms with van der Waals surface area (Å²) in [6.45, 7) is 2.55. The smallest absolute Gasteiger partial charge is 0.0619 e. The molecule has 0 atom stereocenters. The van der Waals surface area contributed by atoms with Gasteiger partial charge in [-0.25, -0.2) is 0 Å². The summed E-state index contributed by atoms with van der Waals surface area (Å²) < 4.78 is 11.1. The van der Waals surface area contributed by atoms with E-state index in [9.17, 15) is 0 Å². The van der Waals surface area contributed by atoms with E-state index in [1.54, 1.807) is 0 Å². The maximum Gasteiger partial charge on any atom is 0.0619 e. The Balaban J connectivity index is 1.58. The van der Waals surface area contributed by atoms with Gasteiger partial charge >= 0.3 is 0 Å². The standard InChI is InChI=1S/C13H18O2S/c1-2-4-13(5-3-1)16-11-10-15-12-6-8-14-9-7-12/h1-5,12H,6-11H2. The van der Waals surface area contributed by atoms with E-state index in [-0.39, 0.29) is 0 Å². The summed E-state index contributed by atoms with van der Waals surface area (Å²) in [6.07, 6.45) is 2.52. The first-order valence-electron chi connectivity index (χ1n) is 5.82. The minimum Gasteiger partial charge on any atom is -0.381 e. The molecule has 0 unspecified atom stereocenters. The van der Waals surface area contributed by atoms with Crippen LogP contribution in [0, 0.1) is 0 Å². The van der Waals surface area contributed by atoms with Crippen LogP contribution in [0.4, 0.5) is 0 Å². The fourth-order valence-electron chi connectivity index (χ4n) is 1.73. The Bertz CT molecular complexity index is 283. The van der Waals surface area contributed by atoms with Crippen LogP contribution in [0.25, 0.3) is 0 Å². The molecule has 0 aliphatic carbocycles. The van der Waals surface area contributed by atoms with Crippen LogP contribution in [-0.4, -0.2) is 31.7 Å². The molecule has 16 heavy (non-hydrogen) atoms. The molecular formula is C13H18O2S. The second-order valence-electron chi connectivity index (χ2n) is 3.84. The lowest BCUT2D eigenvalue weighted by atomic mass is 10.2. The Labute approximate surface area is 101 Å². The van der Waals surface area contributed by atoms with Crippen molar-refractivity contribution in [2.45, 2.75) is 23.8 Å². The van der Waals surface area contributed by atoms with Gasteiger partial charge in [0, 0.05) is 23.9 Å². The largest absolute Gasteiger partial charge is 0.381 e. The molecule has 88 valence electrons. The summed E-state index contributed by atoms with van der Waals surface area (Å²) >= 11 is 1.85. The average Bonchev–Trinajstić information content (AvgIpc) is 2.37. The van der Waals surface area contributed by atoms with Crippen molar-refractivity contribution in [1.29, 1.82) is 0 Å². The molecular weight excluding hydrogens is 220 g/mol. The van der Waals surface area contributed by atoms with Crippen LogP contribution in [0.2, 0.25) is 0 Å². The Kier molecular flexibility index (Phi) is 5.19. The zero-order valence-corrected chi connectivity index (χ0v) is 10.2. The number of thioether (sulfide) groups is 1. The number of ether oxygens (including phenoxy) is 2. The number of rotatable bonds is 5. The highest BCUT2D eigenvalue weighted by atomic mass is 32.2. The van der Waals surface area contributed by atoms with E-state index in [0.717, 1.165) is 38.4 Å². The van der Waals surface area contributed by atoms with Gasteiger partial charge in [-0.2, -0.15) is 0 Å². The topological polar surface area (TPSA) is 18.5 Å². The van der Waals surface area contributed by atoms with Crippen LogP contribution < -0.4 is 0 Å². The van der Waals surface area contributed by atoms with Crippen molar-refractivity contribution >= 4 is 11.8 Å². The van der Waals surface area contributed by atoms with Gasteiger partial charge in [-0.3, -0.25) is 0 Å². The first-order chi connectivity index (χ1) is 7.95. The SMILES string of the molecule is c1ccc(SCCOC2CCOCC2)cc1. The molecule has 1 fully saturated rings. The summed E-state index contributed by atoms with van der Waals surface area (Å²) in [6, 6.07) is 10.5. The number of hydrogen-bond donors (Lipinski definition) is 0. The molecule has 0 spiro atoms. The highest BCUT2D eigenvalue weighted by molar-refractivity contribution is 7.99. The summed E-state index contributed by atoms with van der Waals surface area (Å²) in [5.41, 5.74) is 0. The predicted octanol–water partition coefficient (Wildman–Crippen LogP) is 2.97. The van der Waals surface area contributed by atoms with Crippen LogP contribution in [0.3, 0.4) is 0 Å². The fraction of sp³-hybridized carbons (Fsp3) is 0.538. The first kappa shape index (κ1) is 12.0. The van der Waals surface area contributed by atoms with Gasteiger partial charge in [-0.1, -0.05) is 18.2 Å². The highest BCUT2D eigenvalue weighted by Crippen LogP contribution is 2.17. The van der Waals surface area contributed by atoms with Crippen molar-refractivity contribution in [3.8, 4) is 0 Å². The highest BCUT2D eigenvalue weighted by Gasteiger charge is 2.13. The molecule has 0 N–H and O–H groups in total. The lowest BCUT2D eigenvalue weighted by Crippen LogP contribution is -2.24. The summed E-state index contributed by atoms with van der Waals surface area (Å²) in [5.74, 6) is 1.03. The molecule has 2 nitrogen and oxygen atoms in total. The zero-order chi connectivity index (χ0) is 11.1. The van der Waals surface area contributed by atoms with Crippen LogP contribution >= 0.6 is 11.8 Å². The molecule has 1 heterocycles. The Morgan fingerprint density at radius 3 is 2.69 bits per heavy atom. The number of hydrogen-bond acceptors (Lipinski definition) is 3. The third-order valence-electron chi connectivity index (χ3n) is 2.62. The predicted molar refractivity (Wildman–Crippen MR) is 67.0 cm³/mol. The third kappa shape index (κ3) is 4.16. The fourth-order valence-corrected chi connectivity index (χ4v) is 2.50. The molecule has 1 aliphatic heterocycles.